The summed E-state index contributed by atoms with van der Waals surface area (Å²) in [6.07, 6.45) is 4.14. The van der Waals surface area contributed by atoms with Crippen LogP contribution in [0.2, 0.25) is 0 Å². The average Bonchev–Trinajstić information content (AvgIpc) is 2.62. The Balaban J connectivity index is 2.05. The number of pyridine rings is 1. The second-order valence-electron chi connectivity index (χ2n) is 5.22. The number of rotatable bonds is 3. The highest BCUT2D eigenvalue weighted by Gasteiger charge is 2.36. The van der Waals surface area contributed by atoms with E-state index >= 15 is 0 Å². The zero-order valence-corrected chi connectivity index (χ0v) is 15.0. The third-order valence-corrected chi connectivity index (χ3v) is 4.19. The van der Waals surface area contributed by atoms with E-state index in [-0.39, 0.29) is 22.8 Å². The molecule has 9 heteroatoms. The number of phenols is 1. The number of phenolic OH excluding ortho intramolecular Hbond substituents is 1. The molecule has 0 saturated carbocycles. The molecule has 0 bridgehead atoms. The van der Waals surface area contributed by atoms with E-state index < -0.39 is 17.8 Å². The predicted octanol–water partition coefficient (Wildman–Crippen LogP) is 2.22. The first kappa shape index (κ1) is 17.6. The molecule has 2 N–H and O–H groups in total. The van der Waals surface area contributed by atoms with E-state index in [0.717, 1.165) is 4.90 Å². The number of barbiturate groups is 1. The molecule has 0 atom stereocenters. The average molecular weight is 418 g/mol. The molecule has 1 aliphatic rings. The Morgan fingerprint density at radius 1 is 1.31 bits per heavy atom. The molecule has 4 amide bonds. The van der Waals surface area contributed by atoms with Gasteiger partial charge in [-0.1, -0.05) is 0 Å². The van der Waals surface area contributed by atoms with E-state index in [1.165, 1.54) is 43.8 Å². The lowest BCUT2D eigenvalue weighted by molar-refractivity contribution is -0.122. The van der Waals surface area contributed by atoms with Crippen LogP contribution >= 0.6 is 15.9 Å². The fourth-order valence-corrected chi connectivity index (χ4v) is 2.84. The maximum absolute atomic E-state index is 12.7. The molecule has 1 fully saturated rings. The molecule has 1 aromatic heterocycles. The molecular formula is C17H12BrN3O5. The van der Waals surface area contributed by atoms with Gasteiger partial charge in [-0.3, -0.25) is 19.9 Å². The van der Waals surface area contributed by atoms with Crippen molar-refractivity contribution in [2.45, 2.75) is 0 Å². The lowest BCUT2D eigenvalue weighted by atomic mass is 10.1. The highest BCUT2D eigenvalue weighted by atomic mass is 79.9. The fourth-order valence-electron chi connectivity index (χ4n) is 2.38. The highest BCUT2D eigenvalue weighted by Crippen LogP contribution is 2.36. The van der Waals surface area contributed by atoms with Crippen LogP contribution in [0.3, 0.4) is 0 Å². The summed E-state index contributed by atoms with van der Waals surface area (Å²) in [7, 11) is 1.37. The molecule has 8 nitrogen and oxygen atoms in total. The Morgan fingerprint density at radius 2 is 2.08 bits per heavy atom. The summed E-state index contributed by atoms with van der Waals surface area (Å²) < 4.78 is 5.38. The van der Waals surface area contributed by atoms with Gasteiger partial charge in [0, 0.05) is 6.20 Å². The molecule has 3 rings (SSSR count). The normalized spacial score (nSPS) is 16.0. The lowest BCUT2D eigenvalue weighted by Gasteiger charge is -2.26. The van der Waals surface area contributed by atoms with Crippen LogP contribution in [0.4, 0.5) is 10.5 Å². The quantitative estimate of drug-likeness (QED) is 0.585. The number of nitrogens with zero attached hydrogens (tertiary/aromatic N) is 2. The molecule has 1 aliphatic heterocycles. The summed E-state index contributed by atoms with van der Waals surface area (Å²) in [6.45, 7) is 0. The van der Waals surface area contributed by atoms with Crippen LogP contribution in [0.5, 0.6) is 11.5 Å². The molecule has 26 heavy (non-hydrogen) atoms. The minimum Gasteiger partial charge on any atom is -0.503 e. The summed E-state index contributed by atoms with van der Waals surface area (Å²) in [5.74, 6) is -1.55. The highest BCUT2D eigenvalue weighted by molar-refractivity contribution is 9.10. The van der Waals surface area contributed by atoms with Crippen LogP contribution in [-0.4, -0.2) is 35.0 Å². The number of ether oxygens (including phenoxy) is 1. The summed E-state index contributed by atoms with van der Waals surface area (Å²) >= 11 is 3.17. The molecule has 0 radical (unpaired) electrons. The first-order chi connectivity index (χ1) is 12.4. The van der Waals surface area contributed by atoms with Crippen molar-refractivity contribution >= 4 is 45.5 Å². The van der Waals surface area contributed by atoms with Crippen molar-refractivity contribution in [3.63, 3.8) is 0 Å². The Labute approximate surface area is 156 Å². The van der Waals surface area contributed by atoms with Gasteiger partial charge in [0.15, 0.2) is 11.5 Å². The largest absolute Gasteiger partial charge is 0.503 e. The monoisotopic (exact) mass is 417 g/mol. The third-order valence-electron chi connectivity index (χ3n) is 3.59. The number of anilines is 1. The SMILES string of the molecule is COc1cc(/C=C2\C(=O)NC(=O)N(c3cccnc3)C2=O)cc(Br)c1O. The number of hydrogen-bond donors (Lipinski definition) is 2. The van der Waals surface area contributed by atoms with E-state index in [4.69, 9.17) is 4.74 Å². The maximum atomic E-state index is 12.7. The molecular weight excluding hydrogens is 406 g/mol. The molecule has 2 heterocycles. The Morgan fingerprint density at radius 3 is 2.73 bits per heavy atom. The second-order valence-corrected chi connectivity index (χ2v) is 6.08. The summed E-state index contributed by atoms with van der Waals surface area (Å²) in [4.78, 5) is 41.6. The van der Waals surface area contributed by atoms with Crippen molar-refractivity contribution in [1.82, 2.24) is 10.3 Å². The van der Waals surface area contributed by atoms with E-state index in [0.29, 0.717) is 10.0 Å². The molecule has 0 aliphatic carbocycles. The minimum atomic E-state index is -0.852. The number of carbonyl (C=O) groups excluding carboxylic acids is 3. The smallest absolute Gasteiger partial charge is 0.336 e. The number of urea groups is 1. The third kappa shape index (κ3) is 3.16. The van der Waals surface area contributed by atoms with Crippen molar-refractivity contribution in [2.24, 2.45) is 0 Å². The topological polar surface area (TPSA) is 109 Å². The van der Waals surface area contributed by atoms with Crippen LogP contribution in [0, 0.1) is 0 Å². The summed E-state index contributed by atoms with van der Waals surface area (Å²) in [6, 6.07) is 5.21. The van der Waals surface area contributed by atoms with Gasteiger partial charge in [0.25, 0.3) is 11.8 Å². The Hall–Kier alpha value is -3.20. The molecule has 0 unspecified atom stereocenters. The molecule has 1 aromatic carbocycles. The second kappa shape index (κ2) is 6.96. The number of aromatic hydroxyl groups is 1. The van der Waals surface area contributed by atoms with Crippen LogP contribution in [0.25, 0.3) is 6.08 Å². The lowest BCUT2D eigenvalue weighted by Crippen LogP contribution is -2.54. The van der Waals surface area contributed by atoms with Crippen LogP contribution in [0.1, 0.15) is 5.56 Å². The van der Waals surface area contributed by atoms with Gasteiger partial charge in [0.05, 0.1) is 23.5 Å². The van der Waals surface area contributed by atoms with E-state index in [2.05, 4.69) is 26.2 Å². The minimum absolute atomic E-state index is 0.110. The van der Waals surface area contributed by atoms with Gasteiger partial charge in [0.1, 0.15) is 5.57 Å². The van der Waals surface area contributed by atoms with Gasteiger partial charge in [-0.25, -0.2) is 9.69 Å². The van der Waals surface area contributed by atoms with Crippen molar-refractivity contribution in [3.8, 4) is 11.5 Å². The number of halogens is 1. The van der Waals surface area contributed by atoms with Gasteiger partial charge in [0.2, 0.25) is 0 Å². The van der Waals surface area contributed by atoms with Crippen molar-refractivity contribution < 1.29 is 24.2 Å². The summed E-state index contributed by atoms with van der Waals surface area (Å²) in [5, 5.41) is 12.0. The maximum Gasteiger partial charge on any atom is 0.336 e. The van der Waals surface area contributed by atoms with E-state index in [1.807, 2.05) is 0 Å². The number of carbonyl (C=O) groups is 3. The van der Waals surface area contributed by atoms with Crippen LogP contribution < -0.4 is 15.0 Å². The van der Waals surface area contributed by atoms with Gasteiger partial charge in [-0.2, -0.15) is 0 Å². The number of hydrogen-bond acceptors (Lipinski definition) is 6. The standard InChI is InChI=1S/C17H12BrN3O5/c1-26-13-7-9(6-12(18)14(13)22)5-11-15(23)20-17(25)21(16(11)24)10-3-2-4-19-8-10/h2-8,22H,1H3,(H,20,23,25)/b11-5+. The Bertz CT molecular complexity index is 943. The number of imide groups is 2. The number of aromatic nitrogens is 1. The molecule has 132 valence electrons. The van der Waals surface area contributed by atoms with Crippen molar-refractivity contribution in [2.75, 3.05) is 12.0 Å². The van der Waals surface area contributed by atoms with Gasteiger partial charge < -0.3 is 9.84 Å². The first-order valence-electron chi connectivity index (χ1n) is 7.30. The number of benzene rings is 1. The van der Waals surface area contributed by atoms with Gasteiger partial charge in [-0.05, 0) is 51.8 Å². The van der Waals surface area contributed by atoms with Gasteiger partial charge in [-0.15, -0.1) is 0 Å². The zero-order valence-electron chi connectivity index (χ0n) is 13.4. The number of methoxy groups -OCH3 is 1. The molecule has 2 aromatic rings. The van der Waals surface area contributed by atoms with Crippen molar-refractivity contribution in [1.29, 1.82) is 0 Å². The van der Waals surface area contributed by atoms with Gasteiger partial charge >= 0.3 is 6.03 Å². The van der Waals surface area contributed by atoms with E-state index in [1.54, 1.807) is 6.07 Å². The van der Waals surface area contributed by atoms with E-state index in [9.17, 15) is 19.5 Å². The zero-order chi connectivity index (χ0) is 18.8. The van der Waals surface area contributed by atoms with Crippen LogP contribution in [0.15, 0.2) is 46.7 Å². The Kier molecular flexibility index (Phi) is 4.72. The van der Waals surface area contributed by atoms with Crippen LogP contribution in [-0.2, 0) is 9.59 Å². The molecule has 1 saturated heterocycles. The fraction of sp³-hybridized carbons (Fsp3) is 0.0588. The summed E-state index contributed by atoms with van der Waals surface area (Å²) in [5.41, 5.74) is 0.413. The predicted molar refractivity (Wildman–Crippen MR) is 95.6 cm³/mol. The first-order valence-corrected chi connectivity index (χ1v) is 8.09. The number of nitrogens with one attached hydrogen (secondary N) is 1. The molecule has 0 spiro atoms. The van der Waals surface area contributed by atoms with Crippen molar-refractivity contribution in [3.05, 3.63) is 52.3 Å². The number of amides is 4.